The number of halogens is 1. The van der Waals surface area contributed by atoms with Crippen LogP contribution in [0, 0.1) is 0 Å². The lowest BCUT2D eigenvalue weighted by atomic mass is 10.1. The van der Waals surface area contributed by atoms with Crippen molar-refractivity contribution in [3.63, 3.8) is 0 Å². The number of ether oxygens (including phenoxy) is 1. The topological polar surface area (TPSA) is 63.6 Å². The van der Waals surface area contributed by atoms with Gasteiger partial charge in [-0.1, -0.05) is 28.1 Å². The lowest BCUT2D eigenvalue weighted by Gasteiger charge is -2.10. The Bertz CT molecular complexity index is 677. The first-order valence-corrected chi connectivity index (χ1v) is 7.02. The van der Waals surface area contributed by atoms with Crippen LogP contribution in [0.15, 0.2) is 46.9 Å². The van der Waals surface area contributed by atoms with E-state index < -0.39 is 5.97 Å². The van der Waals surface area contributed by atoms with Gasteiger partial charge in [0.15, 0.2) is 5.78 Å². The summed E-state index contributed by atoms with van der Waals surface area (Å²) in [6.07, 6.45) is 0. The van der Waals surface area contributed by atoms with Crippen molar-refractivity contribution < 1.29 is 19.4 Å². The molecule has 2 rings (SSSR count). The fourth-order valence-corrected chi connectivity index (χ4v) is 2.15. The summed E-state index contributed by atoms with van der Waals surface area (Å²) in [5.41, 5.74) is 1.57. The lowest BCUT2D eigenvalue weighted by Crippen LogP contribution is -2.02. The maximum atomic E-state index is 11.5. The summed E-state index contributed by atoms with van der Waals surface area (Å²) in [6, 6.07) is 11.6. The van der Waals surface area contributed by atoms with E-state index in [9.17, 15) is 9.59 Å². The van der Waals surface area contributed by atoms with E-state index in [0.29, 0.717) is 11.3 Å². The van der Waals surface area contributed by atoms with Gasteiger partial charge in [-0.2, -0.15) is 0 Å². The molecule has 0 saturated heterocycles. The summed E-state index contributed by atoms with van der Waals surface area (Å²) in [6.45, 7) is 1.74. The highest BCUT2D eigenvalue weighted by Gasteiger charge is 2.09. The fourth-order valence-electron chi connectivity index (χ4n) is 1.81. The minimum absolute atomic E-state index is 0.0706. The van der Waals surface area contributed by atoms with Crippen molar-refractivity contribution in [2.45, 2.75) is 13.5 Å². The third-order valence-corrected chi connectivity index (χ3v) is 3.41. The molecule has 5 heteroatoms. The van der Waals surface area contributed by atoms with Crippen LogP contribution >= 0.6 is 15.9 Å². The second kappa shape index (κ2) is 6.54. The Balaban J connectivity index is 2.14. The molecule has 0 bridgehead atoms. The zero-order valence-electron chi connectivity index (χ0n) is 11.3. The number of carboxylic acid groups (broad SMARTS) is 1. The fraction of sp³-hybridized carbons (Fsp3) is 0.125. The first kappa shape index (κ1) is 15.3. The number of rotatable bonds is 5. The highest BCUT2D eigenvalue weighted by atomic mass is 79.9. The van der Waals surface area contributed by atoms with E-state index in [4.69, 9.17) is 9.84 Å². The molecular weight excluding hydrogens is 336 g/mol. The van der Waals surface area contributed by atoms with Crippen molar-refractivity contribution in [1.29, 1.82) is 0 Å². The molecule has 0 fully saturated rings. The molecule has 2 aromatic carbocycles. The second-order valence-electron chi connectivity index (χ2n) is 4.49. The predicted octanol–water partition coefficient (Wildman–Crippen LogP) is 3.93. The van der Waals surface area contributed by atoms with Crippen LogP contribution < -0.4 is 4.74 Å². The maximum Gasteiger partial charge on any atom is 0.335 e. The molecule has 0 heterocycles. The molecule has 0 aliphatic carbocycles. The standard InChI is InChI=1S/C16H13BrO4/c1-10(18)14-7-6-13(17)8-15(14)21-9-11-2-4-12(5-3-11)16(19)20/h2-8H,9H2,1H3,(H,19,20). The van der Waals surface area contributed by atoms with Crippen molar-refractivity contribution >= 4 is 27.7 Å². The highest BCUT2D eigenvalue weighted by Crippen LogP contribution is 2.25. The van der Waals surface area contributed by atoms with Crippen LogP contribution in [0.3, 0.4) is 0 Å². The van der Waals surface area contributed by atoms with Gasteiger partial charge in [0.05, 0.1) is 11.1 Å². The molecule has 108 valence electrons. The van der Waals surface area contributed by atoms with E-state index in [2.05, 4.69) is 15.9 Å². The van der Waals surface area contributed by atoms with Crippen LogP contribution in [0.4, 0.5) is 0 Å². The van der Waals surface area contributed by atoms with Gasteiger partial charge < -0.3 is 9.84 Å². The molecule has 1 N–H and O–H groups in total. The summed E-state index contributed by atoms with van der Waals surface area (Å²) in [7, 11) is 0. The van der Waals surface area contributed by atoms with E-state index in [-0.39, 0.29) is 18.0 Å². The minimum Gasteiger partial charge on any atom is -0.488 e. The largest absolute Gasteiger partial charge is 0.488 e. The van der Waals surface area contributed by atoms with Crippen LogP contribution in [-0.2, 0) is 6.61 Å². The predicted molar refractivity (Wildman–Crippen MR) is 81.9 cm³/mol. The molecule has 0 saturated carbocycles. The average molecular weight is 349 g/mol. The second-order valence-corrected chi connectivity index (χ2v) is 5.40. The Morgan fingerprint density at radius 1 is 1.14 bits per heavy atom. The van der Waals surface area contributed by atoms with Gasteiger partial charge >= 0.3 is 5.97 Å². The summed E-state index contributed by atoms with van der Waals surface area (Å²) >= 11 is 3.34. The van der Waals surface area contributed by atoms with E-state index in [1.807, 2.05) is 0 Å². The molecule has 0 atom stereocenters. The number of carboxylic acids is 1. The van der Waals surface area contributed by atoms with Crippen molar-refractivity contribution in [3.8, 4) is 5.75 Å². The van der Waals surface area contributed by atoms with Gasteiger partial charge in [-0.25, -0.2) is 4.79 Å². The van der Waals surface area contributed by atoms with Crippen molar-refractivity contribution in [2.75, 3.05) is 0 Å². The first-order valence-electron chi connectivity index (χ1n) is 6.23. The smallest absolute Gasteiger partial charge is 0.335 e. The first-order chi connectivity index (χ1) is 9.97. The Kier molecular flexibility index (Phi) is 4.75. The van der Waals surface area contributed by atoms with E-state index >= 15 is 0 Å². The van der Waals surface area contributed by atoms with Gasteiger partial charge in [-0.3, -0.25) is 4.79 Å². The number of hydrogen-bond donors (Lipinski definition) is 1. The van der Waals surface area contributed by atoms with Gasteiger partial charge in [-0.05, 0) is 42.8 Å². The summed E-state index contributed by atoms with van der Waals surface area (Å²) in [5.74, 6) is -0.536. The van der Waals surface area contributed by atoms with Gasteiger partial charge in [-0.15, -0.1) is 0 Å². The van der Waals surface area contributed by atoms with Crippen LogP contribution in [0.1, 0.15) is 33.2 Å². The summed E-state index contributed by atoms with van der Waals surface area (Å²) in [4.78, 5) is 22.3. The van der Waals surface area contributed by atoms with E-state index in [1.165, 1.54) is 19.1 Å². The number of hydrogen-bond acceptors (Lipinski definition) is 3. The van der Waals surface area contributed by atoms with Crippen LogP contribution in [0.2, 0.25) is 0 Å². The number of aromatic carboxylic acids is 1. The zero-order chi connectivity index (χ0) is 15.4. The number of carbonyl (C=O) groups is 2. The SMILES string of the molecule is CC(=O)c1ccc(Br)cc1OCc1ccc(C(=O)O)cc1. The quantitative estimate of drug-likeness (QED) is 0.831. The third-order valence-electron chi connectivity index (χ3n) is 2.92. The Hall–Kier alpha value is -2.14. The van der Waals surface area contributed by atoms with Gasteiger partial charge in [0, 0.05) is 4.47 Å². The van der Waals surface area contributed by atoms with Crippen molar-refractivity contribution in [1.82, 2.24) is 0 Å². The normalized spacial score (nSPS) is 10.2. The van der Waals surface area contributed by atoms with Crippen LogP contribution in [0.5, 0.6) is 5.75 Å². The molecule has 4 nitrogen and oxygen atoms in total. The van der Waals surface area contributed by atoms with Crippen molar-refractivity contribution in [2.24, 2.45) is 0 Å². The van der Waals surface area contributed by atoms with Gasteiger partial charge in [0.25, 0.3) is 0 Å². The third kappa shape index (κ3) is 3.92. The molecule has 0 aliphatic rings. The molecule has 0 radical (unpaired) electrons. The van der Waals surface area contributed by atoms with Crippen LogP contribution in [0.25, 0.3) is 0 Å². The Morgan fingerprint density at radius 3 is 2.38 bits per heavy atom. The molecule has 2 aromatic rings. The van der Waals surface area contributed by atoms with E-state index in [0.717, 1.165) is 10.0 Å². The van der Waals surface area contributed by atoms with Crippen LogP contribution in [-0.4, -0.2) is 16.9 Å². The Labute approximate surface area is 130 Å². The lowest BCUT2D eigenvalue weighted by molar-refractivity contribution is 0.0696. The number of Topliss-reactive ketones (excluding diaryl/α,β-unsaturated/α-hetero) is 1. The average Bonchev–Trinajstić information content (AvgIpc) is 2.45. The number of ketones is 1. The van der Waals surface area contributed by atoms with E-state index in [1.54, 1.807) is 30.3 Å². The molecule has 0 amide bonds. The monoisotopic (exact) mass is 348 g/mol. The maximum absolute atomic E-state index is 11.5. The molecule has 21 heavy (non-hydrogen) atoms. The molecule has 0 aliphatic heterocycles. The molecule has 0 spiro atoms. The minimum atomic E-state index is -0.965. The van der Waals surface area contributed by atoms with Crippen molar-refractivity contribution in [3.05, 3.63) is 63.6 Å². The summed E-state index contributed by atoms with van der Waals surface area (Å²) < 4.78 is 6.49. The Morgan fingerprint density at radius 2 is 1.81 bits per heavy atom. The number of carbonyl (C=O) groups excluding carboxylic acids is 1. The zero-order valence-corrected chi connectivity index (χ0v) is 12.9. The highest BCUT2D eigenvalue weighted by molar-refractivity contribution is 9.10. The molecule has 0 aromatic heterocycles. The van der Waals surface area contributed by atoms with Gasteiger partial charge in [0.2, 0.25) is 0 Å². The number of benzene rings is 2. The molecule has 0 unspecified atom stereocenters. The summed E-state index contributed by atoms with van der Waals surface area (Å²) in [5, 5.41) is 8.84. The van der Waals surface area contributed by atoms with Gasteiger partial charge in [0.1, 0.15) is 12.4 Å². The molecular formula is C16H13BrO4.